The van der Waals surface area contributed by atoms with E-state index >= 15 is 0 Å². The van der Waals surface area contributed by atoms with Crippen molar-refractivity contribution in [2.24, 2.45) is 0 Å². The smallest absolute Gasteiger partial charge is 0.248 e. The Balaban J connectivity index is 1.87. The van der Waals surface area contributed by atoms with Gasteiger partial charge in [-0.1, -0.05) is 34.7 Å². The van der Waals surface area contributed by atoms with Gasteiger partial charge in [0.1, 0.15) is 12.4 Å². The fraction of sp³-hybridized carbons (Fsp3) is 0.0588. The monoisotopic (exact) mass is 356 g/mol. The molecule has 0 aliphatic rings. The van der Waals surface area contributed by atoms with E-state index < -0.39 is 0 Å². The Morgan fingerprint density at radius 3 is 2.50 bits per heavy atom. The highest BCUT2D eigenvalue weighted by atomic mass is 79.9. The van der Waals surface area contributed by atoms with Gasteiger partial charge in [0.15, 0.2) is 0 Å². The topological polar surface area (TPSA) is 48.2 Å². The molecule has 3 aromatic rings. The van der Waals surface area contributed by atoms with E-state index in [2.05, 4.69) is 32.7 Å². The Hall–Kier alpha value is -2.40. The van der Waals surface area contributed by atoms with E-state index in [0.717, 1.165) is 21.3 Å². The second-order valence-corrected chi connectivity index (χ2v) is 5.46. The molecule has 0 bridgehead atoms. The first-order valence-corrected chi connectivity index (χ1v) is 7.49. The van der Waals surface area contributed by atoms with Gasteiger partial charge in [0, 0.05) is 15.6 Å². The summed E-state index contributed by atoms with van der Waals surface area (Å²) in [7, 11) is 0. The van der Waals surface area contributed by atoms with Crippen molar-refractivity contribution < 1.29 is 9.15 Å². The van der Waals surface area contributed by atoms with Gasteiger partial charge in [-0.25, -0.2) is 0 Å². The molecule has 0 aliphatic carbocycles. The van der Waals surface area contributed by atoms with Crippen LogP contribution in [-0.4, -0.2) is 16.8 Å². The van der Waals surface area contributed by atoms with E-state index in [1.807, 2.05) is 48.5 Å². The molecule has 0 unspecified atom stereocenters. The molecular formula is C17H13BrN2O2. The second-order valence-electron chi connectivity index (χ2n) is 4.55. The van der Waals surface area contributed by atoms with Crippen LogP contribution in [0.5, 0.6) is 5.75 Å². The van der Waals surface area contributed by atoms with Gasteiger partial charge in [0.25, 0.3) is 0 Å². The summed E-state index contributed by atoms with van der Waals surface area (Å²) in [5, 5.41) is 8.20. The average Bonchev–Trinajstić information content (AvgIpc) is 3.04. The number of hydrogen-bond donors (Lipinski definition) is 0. The summed E-state index contributed by atoms with van der Waals surface area (Å²) in [6.07, 6.45) is 1.70. The number of benzene rings is 2. The fourth-order valence-electron chi connectivity index (χ4n) is 1.92. The summed E-state index contributed by atoms with van der Waals surface area (Å²) in [5.74, 6) is 1.68. The Bertz CT molecular complexity index is 781. The van der Waals surface area contributed by atoms with Crippen LogP contribution in [0.4, 0.5) is 0 Å². The van der Waals surface area contributed by atoms with Gasteiger partial charge in [-0.3, -0.25) is 0 Å². The summed E-state index contributed by atoms with van der Waals surface area (Å²) in [4.78, 5) is 0. The van der Waals surface area contributed by atoms with Crippen LogP contribution >= 0.6 is 15.9 Å². The summed E-state index contributed by atoms with van der Waals surface area (Å²) < 4.78 is 12.3. The van der Waals surface area contributed by atoms with E-state index in [4.69, 9.17) is 9.15 Å². The van der Waals surface area contributed by atoms with Crippen molar-refractivity contribution in [2.45, 2.75) is 0 Å². The highest BCUT2D eigenvalue weighted by molar-refractivity contribution is 9.10. The number of ether oxygens (including phenoxy) is 1. The molecule has 2 aromatic carbocycles. The molecule has 0 radical (unpaired) electrons. The molecule has 1 heterocycles. The molecule has 4 nitrogen and oxygen atoms in total. The molecule has 3 rings (SSSR count). The molecule has 22 heavy (non-hydrogen) atoms. The molecule has 0 saturated heterocycles. The predicted octanol–water partition coefficient (Wildman–Crippen LogP) is 4.73. The van der Waals surface area contributed by atoms with Crippen LogP contribution in [0.25, 0.3) is 22.9 Å². The molecule has 0 saturated carbocycles. The molecule has 1 aromatic heterocycles. The van der Waals surface area contributed by atoms with Gasteiger partial charge in [-0.15, -0.1) is 10.2 Å². The first kappa shape index (κ1) is 14.5. The van der Waals surface area contributed by atoms with E-state index in [1.165, 1.54) is 0 Å². The molecule has 110 valence electrons. The lowest BCUT2D eigenvalue weighted by molar-refractivity contribution is 0.363. The van der Waals surface area contributed by atoms with Crippen LogP contribution in [0.1, 0.15) is 0 Å². The zero-order valence-electron chi connectivity index (χ0n) is 11.7. The van der Waals surface area contributed by atoms with E-state index in [9.17, 15) is 0 Å². The summed E-state index contributed by atoms with van der Waals surface area (Å²) in [5.41, 5.74) is 1.69. The Morgan fingerprint density at radius 2 is 1.77 bits per heavy atom. The molecule has 0 atom stereocenters. The van der Waals surface area contributed by atoms with Gasteiger partial charge in [-0.2, -0.15) is 0 Å². The van der Waals surface area contributed by atoms with Crippen molar-refractivity contribution >= 4 is 15.9 Å². The first-order valence-electron chi connectivity index (χ1n) is 6.70. The second kappa shape index (κ2) is 6.58. The zero-order valence-corrected chi connectivity index (χ0v) is 13.3. The predicted molar refractivity (Wildman–Crippen MR) is 88.6 cm³/mol. The lowest BCUT2D eigenvalue weighted by Gasteiger charge is -2.03. The van der Waals surface area contributed by atoms with Gasteiger partial charge in [0.05, 0.1) is 0 Å². The molecule has 0 aliphatic heterocycles. The minimum atomic E-state index is 0.456. The van der Waals surface area contributed by atoms with Gasteiger partial charge < -0.3 is 9.15 Å². The van der Waals surface area contributed by atoms with E-state index in [0.29, 0.717) is 18.4 Å². The largest absolute Gasteiger partial charge is 0.490 e. The highest BCUT2D eigenvalue weighted by Crippen LogP contribution is 2.27. The Kier molecular flexibility index (Phi) is 4.34. The zero-order chi connectivity index (χ0) is 15.4. The third-order valence-electron chi connectivity index (χ3n) is 2.97. The van der Waals surface area contributed by atoms with Gasteiger partial charge >= 0.3 is 0 Å². The van der Waals surface area contributed by atoms with Crippen molar-refractivity contribution in [3.05, 3.63) is 65.7 Å². The van der Waals surface area contributed by atoms with Crippen LogP contribution in [0.15, 0.2) is 70.1 Å². The maximum Gasteiger partial charge on any atom is 0.248 e. The van der Waals surface area contributed by atoms with Crippen LogP contribution in [0.3, 0.4) is 0 Å². The third kappa shape index (κ3) is 3.26. The number of rotatable bonds is 5. The molecule has 0 amide bonds. The SMILES string of the molecule is C=CCOc1cccc(-c2nnc(-c3ccc(Br)cc3)o2)c1. The van der Waals surface area contributed by atoms with Crippen LogP contribution in [0, 0.1) is 0 Å². The summed E-state index contributed by atoms with van der Waals surface area (Å²) in [6, 6.07) is 15.2. The van der Waals surface area contributed by atoms with Gasteiger partial charge in [0.2, 0.25) is 11.8 Å². The van der Waals surface area contributed by atoms with E-state index in [-0.39, 0.29) is 0 Å². The number of aromatic nitrogens is 2. The molecule has 0 spiro atoms. The number of hydrogen-bond acceptors (Lipinski definition) is 4. The van der Waals surface area contributed by atoms with Crippen LogP contribution in [-0.2, 0) is 0 Å². The van der Waals surface area contributed by atoms with Crippen LogP contribution < -0.4 is 4.74 Å². The standard InChI is InChI=1S/C17H13BrN2O2/c1-2-10-21-15-5-3-4-13(11-15)17-20-19-16(22-17)12-6-8-14(18)9-7-12/h2-9,11H,1,10H2. The van der Waals surface area contributed by atoms with Crippen molar-refractivity contribution in [2.75, 3.05) is 6.61 Å². The fourth-order valence-corrected chi connectivity index (χ4v) is 2.19. The number of halogens is 1. The normalized spacial score (nSPS) is 10.4. The molecule has 5 heteroatoms. The minimum absolute atomic E-state index is 0.456. The molecule has 0 N–H and O–H groups in total. The third-order valence-corrected chi connectivity index (χ3v) is 3.49. The molecular weight excluding hydrogens is 344 g/mol. The maximum atomic E-state index is 5.74. The Labute approximate surface area is 136 Å². The van der Waals surface area contributed by atoms with Crippen molar-refractivity contribution in [3.63, 3.8) is 0 Å². The molecule has 0 fully saturated rings. The van der Waals surface area contributed by atoms with Crippen LogP contribution in [0.2, 0.25) is 0 Å². The van der Waals surface area contributed by atoms with Crippen molar-refractivity contribution in [1.82, 2.24) is 10.2 Å². The average molecular weight is 357 g/mol. The van der Waals surface area contributed by atoms with E-state index in [1.54, 1.807) is 6.08 Å². The lowest BCUT2D eigenvalue weighted by Crippen LogP contribution is -1.92. The van der Waals surface area contributed by atoms with Crippen molar-refractivity contribution in [3.8, 4) is 28.7 Å². The quantitative estimate of drug-likeness (QED) is 0.620. The lowest BCUT2D eigenvalue weighted by atomic mass is 10.2. The maximum absolute atomic E-state index is 5.74. The minimum Gasteiger partial charge on any atom is -0.490 e. The first-order chi connectivity index (χ1) is 10.8. The number of nitrogens with zero attached hydrogens (tertiary/aromatic N) is 2. The highest BCUT2D eigenvalue weighted by Gasteiger charge is 2.11. The summed E-state index contributed by atoms with van der Waals surface area (Å²) >= 11 is 3.40. The Morgan fingerprint density at radius 1 is 1.05 bits per heavy atom. The van der Waals surface area contributed by atoms with Crippen molar-refractivity contribution in [1.29, 1.82) is 0 Å². The van der Waals surface area contributed by atoms with Gasteiger partial charge in [-0.05, 0) is 42.5 Å². The summed E-state index contributed by atoms with van der Waals surface area (Å²) in [6.45, 7) is 4.09.